The van der Waals surface area contributed by atoms with Gasteiger partial charge in [-0.25, -0.2) is 0 Å². The van der Waals surface area contributed by atoms with Crippen molar-refractivity contribution in [2.24, 2.45) is 0 Å². The van der Waals surface area contributed by atoms with Crippen LogP contribution in [0.15, 0.2) is 65.5 Å². The molecule has 0 N–H and O–H groups in total. The van der Waals surface area contributed by atoms with Crippen LogP contribution in [-0.4, -0.2) is 14.2 Å². The number of benzene rings is 2. The molecule has 0 aliphatic carbocycles. The Morgan fingerprint density at radius 1 is 0.864 bits per heavy atom. The minimum Gasteiger partial charge on any atom is -0.497 e. The zero-order valence-electron chi connectivity index (χ0n) is 12.7. The van der Waals surface area contributed by atoms with Crippen LogP contribution in [0.2, 0.25) is 0 Å². The maximum absolute atomic E-state index is 5.50. The van der Waals surface area contributed by atoms with Gasteiger partial charge in [0.25, 0.3) is 0 Å². The fourth-order valence-electron chi connectivity index (χ4n) is 2.53. The molecule has 1 aromatic heterocycles. The van der Waals surface area contributed by atoms with Crippen LogP contribution < -0.4 is 9.47 Å². The number of furan rings is 1. The number of hydrogen-bond acceptors (Lipinski definition) is 3. The van der Waals surface area contributed by atoms with Crippen LogP contribution in [0.5, 0.6) is 11.5 Å². The fourth-order valence-corrected chi connectivity index (χ4v) is 2.53. The van der Waals surface area contributed by atoms with Crippen molar-refractivity contribution >= 4 is 0 Å². The van der Waals surface area contributed by atoms with Crippen LogP contribution in [0, 0.1) is 0 Å². The molecule has 0 fully saturated rings. The number of ether oxygens (including phenoxy) is 2. The molecule has 0 aliphatic heterocycles. The standard InChI is InChI=1S/C19H18O3/c1-20-16-8-9-17(19(11-16)21-2)18-13-22-12-15(18)10-14-6-4-3-5-7-14/h3-9,11-13H,10H2,1-2H3. The molecule has 3 nitrogen and oxygen atoms in total. The minimum atomic E-state index is 0.772. The van der Waals surface area contributed by atoms with Crippen molar-refractivity contribution in [2.45, 2.75) is 6.42 Å². The average molecular weight is 294 g/mol. The lowest BCUT2D eigenvalue weighted by Crippen LogP contribution is -1.93. The van der Waals surface area contributed by atoms with E-state index in [0.29, 0.717) is 0 Å². The molecule has 3 heteroatoms. The van der Waals surface area contributed by atoms with Crippen LogP contribution >= 0.6 is 0 Å². The van der Waals surface area contributed by atoms with E-state index in [9.17, 15) is 0 Å². The second kappa shape index (κ2) is 6.39. The van der Waals surface area contributed by atoms with E-state index in [4.69, 9.17) is 13.9 Å². The first kappa shape index (κ1) is 14.3. The molecule has 0 spiro atoms. The molecular weight excluding hydrogens is 276 g/mol. The first-order valence-electron chi connectivity index (χ1n) is 7.13. The van der Waals surface area contributed by atoms with Gasteiger partial charge in [0.2, 0.25) is 0 Å². The highest BCUT2D eigenvalue weighted by Gasteiger charge is 2.14. The van der Waals surface area contributed by atoms with Gasteiger partial charge in [0.15, 0.2) is 0 Å². The Balaban J connectivity index is 1.98. The second-order valence-corrected chi connectivity index (χ2v) is 5.04. The predicted molar refractivity (Wildman–Crippen MR) is 86.5 cm³/mol. The van der Waals surface area contributed by atoms with Gasteiger partial charge in [-0.15, -0.1) is 0 Å². The largest absolute Gasteiger partial charge is 0.497 e. The molecule has 22 heavy (non-hydrogen) atoms. The molecule has 0 atom stereocenters. The molecule has 0 aliphatic rings. The van der Waals surface area contributed by atoms with Gasteiger partial charge in [0.05, 0.1) is 26.7 Å². The summed E-state index contributed by atoms with van der Waals surface area (Å²) < 4.78 is 16.2. The van der Waals surface area contributed by atoms with Gasteiger partial charge in [-0.1, -0.05) is 30.3 Å². The summed E-state index contributed by atoms with van der Waals surface area (Å²) in [7, 11) is 3.31. The van der Waals surface area contributed by atoms with Crippen molar-refractivity contribution < 1.29 is 13.9 Å². The van der Waals surface area contributed by atoms with E-state index in [-0.39, 0.29) is 0 Å². The molecule has 0 unspecified atom stereocenters. The Morgan fingerprint density at radius 3 is 2.41 bits per heavy atom. The van der Waals surface area contributed by atoms with Gasteiger partial charge in [0.1, 0.15) is 11.5 Å². The van der Waals surface area contributed by atoms with Gasteiger partial charge >= 0.3 is 0 Å². The fraction of sp³-hybridized carbons (Fsp3) is 0.158. The molecular formula is C19H18O3. The molecule has 0 amide bonds. The van der Waals surface area contributed by atoms with Gasteiger partial charge in [-0.05, 0) is 17.7 Å². The number of rotatable bonds is 5. The Hall–Kier alpha value is -2.68. The Kier molecular flexibility index (Phi) is 4.15. The summed E-state index contributed by atoms with van der Waals surface area (Å²) >= 11 is 0. The average Bonchev–Trinajstić information content (AvgIpc) is 3.03. The van der Waals surface area contributed by atoms with Crippen molar-refractivity contribution in [3.63, 3.8) is 0 Å². The van der Waals surface area contributed by atoms with E-state index < -0.39 is 0 Å². The molecule has 3 rings (SSSR count). The SMILES string of the molecule is COc1ccc(-c2cocc2Cc2ccccc2)c(OC)c1. The summed E-state index contributed by atoms with van der Waals surface area (Å²) in [6, 6.07) is 16.1. The Bertz CT molecular complexity index is 744. The van der Waals surface area contributed by atoms with Crippen molar-refractivity contribution in [1.29, 1.82) is 0 Å². The van der Waals surface area contributed by atoms with Crippen LogP contribution in [0.1, 0.15) is 11.1 Å². The maximum Gasteiger partial charge on any atom is 0.130 e. The summed E-state index contributed by atoms with van der Waals surface area (Å²) in [5, 5.41) is 0. The Labute approximate surface area is 130 Å². The van der Waals surface area contributed by atoms with Crippen LogP contribution in [-0.2, 0) is 6.42 Å². The van der Waals surface area contributed by atoms with Crippen molar-refractivity contribution in [3.8, 4) is 22.6 Å². The zero-order valence-corrected chi connectivity index (χ0v) is 12.7. The van der Waals surface area contributed by atoms with Crippen LogP contribution in [0.3, 0.4) is 0 Å². The highest BCUT2D eigenvalue weighted by Crippen LogP contribution is 2.36. The first-order chi connectivity index (χ1) is 10.8. The summed E-state index contributed by atoms with van der Waals surface area (Å²) in [4.78, 5) is 0. The predicted octanol–water partition coefficient (Wildman–Crippen LogP) is 4.55. The van der Waals surface area contributed by atoms with E-state index in [1.165, 1.54) is 5.56 Å². The number of hydrogen-bond donors (Lipinski definition) is 0. The second-order valence-electron chi connectivity index (χ2n) is 5.04. The lowest BCUT2D eigenvalue weighted by atomic mass is 9.98. The Morgan fingerprint density at radius 2 is 1.68 bits per heavy atom. The third kappa shape index (κ3) is 2.84. The summed E-state index contributed by atoms with van der Waals surface area (Å²) in [6.07, 6.45) is 4.39. The molecule has 1 heterocycles. The quantitative estimate of drug-likeness (QED) is 0.691. The van der Waals surface area contributed by atoms with Crippen LogP contribution in [0.25, 0.3) is 11.1 Å². The third-order valence-corrected chi connectivity index (χ3v) is 3.68. The van der Waals surface area contributed by atoms with Crippen LogP contribution in [0.4, 0.5) is 0 Å². The van der Waals surface area contributed by atoms with Crippen molar-refractivity contribution in [2.75, 3.05) is 14.2 Å². The molecule has 0 saturated heterocycles. The highest BCUT2D eigenvalue weighted by molar-refractivity contribution is 5.73. The van der Waals surface area contributed by atoms with E-state index in [1.807, 2.05) is 36.4 Å². The summed E-state index contributed by atoms with van der Waals surface area (Å²) in [5.74, 6) is 1.55. The maximum atomic E-state index is 5.50. The van der Waals surface area contributed by atoms with E-state index in [0.717, 1.165) is 34.6 Å². The van der Waals surface area contributed by atoms with E-state index in [2.05, 4.69) is 12.1 Å². The third-order valence-electron chi connectivity index (χ3n) is 3.68. The smallest absolute Gasteiger partial charge is 0.130 e. The molecule has 112 valence electrons. The van der Waals surface area contributed by atoms with E-state index >= 15 is 0 Å². The molecule has 2 aromatic carbocycles. The van der Waals surface area contributed by atoms with Gasteiger partial charge in [-0.3, -0.25) is 0 Å². The summed E-state index contributed by atoms with van der Waals surface area (Å²) in [5.41, 5.74) is 4.43. The first-order valence-corrected chi connectivity index (χ1v) is 7.13. The summed E-state index contributed by atoms with van der Waals surface area (Å²) in [6.45, 7) is 0. The zero-order chi connectivity index (χ0) is 15.4. The van der Waals surface area contributed by atoms with Crippen molar-refractivity contribution in [3.05, 3.63) is 72.2 Å². The topological polar surface area (TPSA) is 31.6 Å². The molecule has 0 saturated carbocycles. The van der Waals surface area contributed by atoms with E-state index in [1.54, 1.807) is 26.7 Å². The minimum absolute atomic E-state index is 0.772. The van der Waals surface area contributed by atoms with Gasteiger partial charge < -0.3 is 13.9 Å². The normalized spacial score (nSPS) is 10.5. The van der Waals surface area contributed by atoms with Gasteiger partial charge in [0, 0.05) is 29.2 Å². The van der Waals surface area contributed by atoms with Crippen molar-refractivity contribution in [1.82, 2.24) is 0 Å². The monoisotopic (exact) mass is 294 g/mol. The molecule has 0 bridgehead atoms. The van der Waals surface area contributed by atoms with Gasteiger partial charge in [-0.2, -0.15) is 0 Å². The molecule has 0 radical (unpaired) electrons. The lowest BCUT2D eigenvalue weighted by molar-refractivity contribution is 0.395. The molecule has 3 aromatic rings. The lowest BCUT2D eigenvalue weighted by Gasteiger charge is -2.10. The number of methoxy groups -OCH3 is 2. The highest BCUT2D eigenvalue weighted by atomic mass is 16.5.